The van der Waals surface area contributed by atoms with E-state index in [2.05, 4.69) is 10.6 Å². The van der Waals surface area contributed by atoms with Crippen LogP contribution in [0.5, 0.6) is 17.2 Å². The lowest BCUT2D eigenvalue weighted by Gasteiger charge is -2.11. The number of amides is 2. The number of hydrogen-bond acceptors (Lipinski definition) is 5. The minimum absolute atomic E-state index is 0.119. The highest BCUT2D eigenvalue weighted by molar-refractivity contribution is 6.08. The highest BCUT2D eigenvalue weighted by Gasteiger charge is 2.19. The smallest absolute Gasteiger partial charge is 0.258 e. The van der Waals surface area contributed by atoms with Crippen molar-refractivity contribution in [3.05, 3.63) is 89.6 Å². The lowest BCUT2D eigenvalue weighted by molar-refractivity contribution is -0.123. The van der Waals surface area contributed by atoms with Gasteiger partial charge >= 0.3 is 0 Å². The molecule has 0 aliphatic heterocycles. The molecule has 0 aliphatic rings. The number of nitrogens with zero attached hydrogens (tertiary/aromatic N) is 1. The zero-order chi connectivity index (χ0) is 26.2. The van der Waals surface area contributed by atoms with Gasteiger partial charge in [0.2, 0.25) is 0 Å². The molecule has 192 valence electrons. The summed E-state index contributed by atoms with van der Waals surface area (Å²) in [6.45, 7) is 2.83. The van der Waals surface area contributed by atoms with E-state index in [0.29, 0.717) is 42.5 Å². The molecule has 0 spiro atoms. The average Bonchev–Trinajstić information content (AvgIpc) is 3.18. The quantitative estimate of drug-likeness (QED) is 0.303. The first-order valence-electron chi connectivity index (χ1n) is 12.0. The van der Waals surface area contributed by atoms with Crippen LogP contribution in [0, 0.1) is 6.92 Å². The molecule has 8 nitrogen and oxygen atoms in total. The van der Waals surface area contributed by atoms with E-state index < -0.39 is 0 Å². The second-order valence-electron chi connectivity index (χ2n) is 8.50. The monoisotopic (exact) mass is 501 g/mol. The van der Waals surface area contributed by atoms with Crippen molar-refractivity contribution in [2.75, 3.05) is 26.9 Å². The Labute approximate surface area is 216 Å². The Morgan fingerprint density at radius 3 is 2.38 bits per heavy atom. The summed E-state index contributed by atoms with van der Waals surface area (Å²) in [5.74, 6) is 1.35. The van der Waals surface area contributed by atoms with Crippen LogP contribution in [0.25, 0.3) is 10.9 Å². The molecule has 2 N–H and O–H groups in total. The molecule has 0 unspecified atom stereocenters. The van der Waals surface area contributed by atoms with Gasteiger partial charge in [-0.2, -0.15) is 0 Å². The van der Waals surface area contributed by atoms with E-state index in [4.69, 9.17) is 14.2 Å². The second-order valence-corrected chi connectivity index (χ2v) is 8.50. The van der Waals surface area contributed by atoms with E-state index in [1.807, 2.05) is 79.2 Å². The average molecular weight is 502 g/mol. The number of fused-ring (bicyclic) bond motifs is 1. The maximum atomic E-state index is 13.1. The van der Waals surface area contributed by atoms with Crippen molar-refractivity contribution in [2.45, 2.75) is 13.5 Å². The van der Waals surface area contributed by atoms with Gasteiger partial charge in [0, 0.05) is 30.2 Å². The molecule has 4 rings (SSSR count). The molecule has 0 radical (unpaired) electrons. The first kappa shape index (κ1) is 25.6. The third-order valence-electron chi connectivity index (χ3n) is 6.11. The number of carbonyl (C=O) groups excluding carboxylic acids is 2. The van der Waals surface area contributed by atoms with Gasteiger partial charge in [0.05, 0.1) is 19.2 Å². The van der Waals surface area contributed by atoms with Crippen LogP contribution in [-0.4, -0.2) is 43.2 Å². The molecule has 8 heteroatoms. The highest BCUT2D eigenvalue weighted by atomic mass is 16.5. The van der Waals surface area contributed by atoms with Crippen LogP contribution in [0.2, 0.25) is 0 Å². The van der Waals surface area contributed by atoms with Crippen molar-refractivity contribution in [1.82, 2.24) is 15.2 Å². The number of para-hydroxylation sites is 2. The number of carbonyl (C=O) groups is 2. The summed E-state index contributed by atoms with van der Waals surface area (Å²) in [5, 5.41) is 6.53. The van der Waals surface area contributed by atoms with Crippen LogP contribution in [0.4, 0.5) is 0 Å². The Morgan fingerprint density at radius 2 is 1.62 bits per heavy atom. The van der Waals surface area contributed by atoms with Crippen LogP contribution in [0.15, 0.2) is 72.8 Å². The molecule has 1 heterocycles. The number of aryl methyl sites for hydroxylation is 1. The second kappa shape index (κ2) is 12.0. The Bertz CT molecular complexity index is 1380. The number of benzene rings is 3. The molecule has 0 aliphatic carbocycles. The molecular formula is C29H31N3O5. The van der Waals surface area contributed by atoms with E-state index >= 15 is 0 Å². The van der Waals surface area contributed by atoms with Gasteiger partial charge < -0.3 is 29.4 Å². The van der Waals surface area contributed by atoms with Crippen molar-refractivity contribution in [1.29, 1.82) is 0 Å². The zero-order valence-corrected chi connectivity index (χ0v) is 21.2. The molecule has 0 atom stereocenters. The van der Waals surface area contributed by atoms with Crippen molar-refractivity contribution in [3.8, 4) is 17.2 Å². The minimum atomic E-state index is -0.221. The molecule has 3 aromatic carbocycles. The molecular weight excluding hydrogens is 470 g/mol. The van der Waals surface area contributed by atoms with Gasteiger partial charge in [0.15, 0.2) is 18.1 Å². The summed E-state index contributed by atoms with van der Waals surface area (Å²) in [4.78, 5) is 25.4. The first-order valence-corrected chi connectivity index (χ1v) is 12.0. The van der Waals surface area contributed by atoms with E-state index in [9.17, 15) is 9.59 Å². The summed E-state index contributed by atoms with van der Waals surface area (Å²) < 4.78 is 18.7. The Morgan fingerprint density at radius 1 is 0.892 bits per heavy atom. The standard InChI is InChI=1S/C29H31N3O5/c1-20-28(29(34)30-15-16-36-26-12-8-7-11-25(26)35-3)23-17-22(13-14-24(23)32(20)2)37-19-27(33)31-18-21-9-5-4-6-10-21/h4-14,17H,15-16,18-19H2,1-3H3,(H,30,34)(H,31,33). The number of ether oxygens (including phenoxy) is 3. The van der Waals surface area contributed by atoms with Gasteiger partial charge in [-0.25, -0.2) is 0 Å². The highest BCUT2D eigenvalue weighted by Crippen LogP contribution is 2.29. The fourth-order valence-electron chi connectivity index (χ4n) is 4.08. The van der Waals surface area contributed by atoms with E-state index in [0.717, 1.165) is 22.2 Å². The summed E-state index contributed by atoms with van der Waals surface area (Å²) in [5.41, 5.74) is 3.31. The van der Waals surface area contributed by atoms with Gasteiger partial charge in [0.25, 0.3) is 11.8 Å². The van der Waals surface area contributed by atoms with E-state index in [-0.39, 0.29) is 18.4 Å². The van der Waals surface area contributed by atoms with Crippen molar-refractivity contribution < 1.29 is 23.8 Å². The van der Waals surface area contributed by atoms with Gasteiger partial charge in [-0.1, -0.05) is 42.5 Å². The third-order valence-corrected chi connectivity index (χ3v) is 6.11. The molecule has 0 saturated heterocycles. The van der Waals surface area contributed by atoms with E-state index in [1.54, 1.807) is 19.2 Å². The number of aromatic nitrogens is 1. The normalized spacial score (nSPS) is 10.7. The van der Waals surface area contributed by atoms with Gasteiger partial charge in [-0.15, -0.1) is 0 Å². The number of nitrogens with one attached hydrogen (secondary N) is 2. The predicted octanol–water partition coefficient (Wildman–Crippen LogP) is 4.00. The van der Waals surface area contributed by atoms with Crippen LogP contribution in [0.1, 0.15) is 21.6 Å². The molecule has 1 aromatic heterocycles. The lowest BCUT2D eigenvalue weighted by Crippen LogP contribution is -2.28. The van der Waals surface area contributed by atoms with Crippen molar-refractivity contribution in [3.63, 3.8) is 0 Å². The summed E-state index contributed by atoms with van der Waals surface area (Å²) in [6, 6.07) is 22.5. The van der Waals surface area contributed by atoms with Crippen LogP contribution in [0.3, 0.4) is 0 Å². The Balaban J connectivity index is 1.37. The summed E-state index contributed by atoms with van der Waals surface area (Å²) in [7, 11) is 3.50. The Hall–Kier alpha value is -4.46. The molecule has 0 saturated carbocycles. The van der Waals surface area contributed by atoms with Gasteiger partial charge in [0.1, 0.15) is 12.4 Å². The van der Waals surface area contributed by atoms with Gasteiger partial charge in [-0.3, -0.25) is 9.59 Å². The molecule has 2 amide bonds. The summed E-state index contributed by atoms with van der Waals surface area (Å²) >= 11 is 0. The van der Waals surface area contributed by atoms with Crippen LogP contribution < -0.4 is 24.8 Å². The Kier molecular flexibility index (Phi) is 8.30. The van der Waals surface area contributed by atoms with E-state index in [1.165, 1.54) is 0 Å². The number of rotatable bonds is 11. The topological polar surface area (TPSA) is 90.8 Å². The van der Waals surface area contributed by atoms with Crippen molar-refractivity contribution >= 4 is 22.7 Å². The van der Waals surface area contributed by atoms with Crippen LogP contribution in [-0.2, 0) is 18.4 Å². The molecule has 0 bridgehead atoms. The largest absolute Gasteiger partial charge is 0.493 e. The lowest BCUT2D eigenvalue weighted by atomic mass is 10.1. The molecule has 4 aromatic rings. The molecule has 0 fully saturated rings. The predicted molar refractivity (Wildman–Crippen MR) is 142 cm³/mol. The van der Waals surface area contributed by atoms with Gasteiger partial charge in [-0.05, 0) is 42.8 Å². The molecule has 37 heavy (non-hydrogen) atoms. The number of methoxy groups -OCH3 is 1. The fourth-order valence-corrected chi connectivity index (χ4v) is 4.08. The summed E-state index contributed by atoms with van der Waals surface area (Å²) in [6.07, 6.45) is 0. The maximum Gasteiger partial charge on any atom is 0.258 e. The van der Waals surface area contributed by atoms with Crippen LogP contribution >= 0.6 is 0 Å². The zero-order valence-electron chi connectivity index (χ0n) is 21.2. The number of hydrogen-bond donors (Lipinski definition) is 2. The SMILES string of the molecule is COc1ccccc1OCCNC(=O)c1c(C)n(C)c2ccc(OCC(=O)NCc3ccccc3)cc12. The fraction of sp³-hybridized carbons (Fsp3) is 0.241. The first-order chi connectivity index (χ1) is 18.0. The third kappa shape index (κ3) is 6.22. The van der Waals surface area contributed by atoms with Crippen molar-refractivity contribution in [2.24, 2.45) is 7.05 Å². The minimum Gasteiger partial charge on any atom is -0.493 e. The maximum absolute atomic E-state index is 13.1.